The van der Waals surface area contributed by atoms with Crippen LogP contribution in [-0.4, -0.2) is 46.4 Å². The molecule has 1 aliphatic carbocycles. The fourth-order valence-electron chi connectivity index (χ4n) is 3.07. The molecule has 0 spiro atoms. The van der Waals surface area contributed by atoms with E-state index in [9.17, 15) is 8.42 Å². The maximum absolute atomic E-state index is 12.2. The van der Waals surface area contributed by atoms with Gasteiger partial charge in [0.15, 0.2) is 0 Å². The van der Waals surface area contributed by atoms with E-state index in [1.165, 1.54) is 31.4 Å². The lowest BCUT2D eigenvalue weighted by Crippen LogP contribution is -2.50. The summed E-state index contributed by atoms with van der Waals surface area (Å²) in [6.07, 6.45) is 5.27. The van der Waals surface area contributed by atoms with E-state index in [1.54, 1.807) is 12.1 Å². The summed E-state index contributed by atoms with van der Waals surface area (Å²) in [5.74, 6) is 0. The van der Waals surface area contributed by atoms with Crippen LogP contribution in [0.5, 0.6) is 0 Å². The third-order valence-corrected chi connectivity index (χ3v) is 5.78. The van der Waals surface area contributed by atoms with E-state index in [0.717, 1.165) is 25.9 Å². The summed E-state index contributed by atoms with van der Waals surface area (Å²) in [5, 5.41) is 0. The number of rotatable bonds is 4. The molecule has 1 aromatic rings. The predicted molar refractivity (Wildman–Crippen MR) is 82.3 cm³/mol. The maximum atomic E-state index is 12.2. The molecule has 0 atom stereocenters. The number of hydrogen-bond acceptors (Lipinski definition) is 4. The van der Waals surface area contributed by atoms with Crippen molar-refractivity contribution < 1.29 is 12.6 Å². The van der Waals surface area contributed by atoms with E-state index in [1.807, 2.05) is 0 Å². The van der Waals surface area contributed by atoms with Crippen molar-refractivity contribution in [3.63, 3.8) is 0 Å². The van der Waals surface area contributed by atoms with Gasteiger partial charge in [0.1, 0.15) is 7.85 Å². The predicted octanol–water partition coefficient (Wildman–Crippen LogP) is 1.20. The highest BCUT2D eigenvalue weighted by Crippen LogP contribution is 2.32. The topological polar surface area (TPSA) is 46.6 Å². The molecule has 1 saturated heterocycles. The van der Waals surface area contributed by atoms with Gasteiger partial charge in [-0.05, 0) is 50.9 Å². The molecule has 1 aliphatic heterocycles. The molecule has 2 fully saturated rings. The lowest BCUT2D eigenvalue weighted by Gasteiger charge is -2.43. The van der Waals surface area contributed by atoms with Crippen molar-refractivity contribution in [3.05, 3.63) is 24.3 Å². The van der Waals surface area contributed by atoms with Gasteiger partial charge in [0.25, 0.3) is 10.1 Å². The van der Waals surface area contributed by atoms with Gasteiger partial charge < -0.3 is 4.90 Å². The van der Waals surface area contributed by atoms with Crippen LogP contribution in [0, 0.1) is 0 Å². The molecule has 3 rings (SSSR count). The summed E-state index contributed by atoms with van der Waals surface area (Å²) in [6, 6.07) is 6.63. The molecule has 1 heterocycles. The Morgan fingerprint density at radius 2 is 1.67 bits per heavy atom. The zero-order valence-corrected chi connectivity index (χ0v) is 12.9. The first-order chi connectivity index (χ1) is 10.0. The third-order valence-electron chi connectivity index (χ3n) is 4.41. The van der Waals surface area contributed by atoms with Crippen molar-refractivity contribution in [3.8, 4) is 0 Å². The molecular formula is C15H20BNO3S. The maximum Gasteiger partial charge on any atom is 0.297 e. The van der Waals surface area contributed by atoms with Gasteiger partial charge in [-0.3, -0.25) is 4.18 Å². The Hall–Kier alpha value is -0.845. The van der Waals surface area contributed by atoms with E-state index in [0.29, 0.717) is 11.5 Å². The highest BCUT2D eigenvalue weighted by atomic mass is 32.2. The molecule has 0 N–H and O–H groups in total. The van der Waals surface area contributed by atoms with Crippen LogP contribution in [0.1, 0.15) is 32.1 Å². The Morgan fingerprint density at radius 1 is 1.05 bits per heavy atom. The molecule has 2 radical (unpaired) electrons. The molecule has 0 aromatic heterocycles. The standard InChI is InChI=1S/C15H20BNO3S/c16-12-4-6-15(7-5-12)21(18,19)20-14-10-13(11-14)17-8-2-1-3-9-17/h4-7,13-14H,1-3,8-11H2. The van der Waals surface area contributed by atoms with Gasteiger partial charge in [0, 0.05) is 6.04 Å². The van der Waals surface area contributed by atoms with Crippen LogP contribution in [0.25, 0.3) is 0 Å². The Morgan fingerprint density at radius 3 is 2.29 bits per heavy atom. The van der Waals surface area contributed by atoms with Crippen LogP contribution in [0.4, 0.5) is 0 Å². The SMILES string of the molecule is [B]c1ccc(S(=O)(=O)OC2CC(N3CCCCC3)C2)cc1. The van der Waals surface area contributed by atoms with Crippen molar-refractivity contribution >= 4 is 23.4 Å². The van der Waals surface area contributed by atoms with Crippen LogP contribution in [-0.2, 0) is 14.3 Å². The van der Waals surface area contributed by atoms with E-state index < -0.39 is 10.1 Å². The van der Waals surface area contributed by atoms with Crippen molar-refractivity contribution in [1.29, 1.82) is 0 Å². The van der Waals surface area contributed by atoms with Gasteiger partial charge in [-0.2, -0.15) is 8.42 Å². The smallest absolute Gasteiger partial charge is 0.297 e. The number of likely N-dealkylation sites (tertiary alicyclic amines) is 1. The molecule has 21 heavy (non-hydrogen) atoms. The second-order valence-corrected chi connectivity index (χ2v) is 7.54. The molecule has 0 bridgehead atoms. The second-order valence-electron chi connectivity index (χ2n) is 5.96. The lowest BCUT2D eigenvalue weighted by atomic mass is 9.87. The largest absolute Gasteiger partial charge is 0.300 e. The molecule has 1 saturated carbocycles. The van der Waals surface area contributed by atoms with E-state index in [2.05, 4.69) is 4.90 Å². The zero-order valence-electron chi connectivity index (χ0n) is 12.1. The Balaban J connectivity index is 1.54. The third kappa shape index (κ3) is 3.50. The normalized spacial score (nSPS) is 27.2. The Bertz CT molecular complexity index is 575. The minimum absolute atomic E-state index is 0.179. The first-order valence-electron chi connectivity index (χ1n) is 7.57. The molecule has 0 amide bonds. The first-order valence-corrected chi connectivity index (χ1v) is 8.98. The Kier molecular flexibility index (Phi) is 4.38. The zero-order chi connectivity index (χ0) is 14.9. The lowest BCUT2D eigenvalue weighted by molar-refractivity contribution is 0.0124. The van der Waals surface area contributed by atoms with Gasteiger partial charge in [-0.15, -0.1) is 0 Å². The molecule has 6 heteroatoms. The monoisotopic (exact) mass is 305 g/mol. The average Bonchev–Trinajstić information content (AvgIpc) is 2.44. The summed E-state index contributed by atoms with van der Waals surface area (Å²) >= 11 is 0. The molecular weight excluding hydrogens is 285 g/mol. The van der Waals surface area contributed by atoms with Crippen molar-refractivity contribution in [2.75, 3.05) is 13.1 Å². The molecule has 2 aliphatic rings. The highest BCUT2D eigenvalue weighted by Gasteiger charge is 2.37. The molecule has 4 nitrogen and oxygen atoms in total. The van der Waals surface area contributed by atoms with Gasteiger partial charge in [-0.25, -0.2) is 0 Å². The number of nitrogens with zero attached hydrogens (tertiary/aromatic N) is 1. The van der Waals surface area contributed by atoms with Gasteiger partial charge in [0.05, 0.1) is 11.0 Å². The minimum atomic E-state index is -3.67. The van der Waals surface area contributed by atoms with Crippen LogP contribution in [0.15, 0.2) is 29.2 Å². The van der Waals surface area contributed by atoms with Gasteiger partial charge >= 0.3 is 0 Å². The summed E-state index contributed by atoms with van der Waals surface area (Å²) in [5.41, 5.74) is 0.544. The summed E-state index contributed by atoms with van der Waals surface area (Å²) in [4.78, 5) is 2.65. The molecule has 1 aromatic carbocycles. The van der Waals surface area contributed by atoms with Crippen LogP contribution in [0.2, 0.25) is 0 Å². The van der Waals surface area contributed by atoms with Crippen LogP contribution in [0.3, 0.4) is 0 Å². The average molecular weight is 305 g/mol. The van der Waals surface area contributed by atoms with Gasteiger partial charge in [-0.1, -0.05) is 24.0 Å². The fraction of sp³-hybridized carbons (Fsp3) is 0.600. The van der Waals surface area contributed by atoms with Crippen LogP contribution >= 0.6 is 0 Å². The molecule has 112 valence electrons. The fourth-order valence-corrected chi connectivity index (χ4v) is 4.16. The van der Waals surface area contributed by atoms with Crippen molar-refractivity contribution in [2.45, 2.75) is 49.1 Å². The number of hydrogen-bond donors (Lipinski definition) is 0. The van der Waals surface area contributed by atoms with Crippen molar-refractivity contribution in [1.82, 2.24) is 4.90 Å². The van der Waals surface area contributed by atoms with Crippen LogP contribution < -0.4 is 5.46 Å². The minimum Gasteiger partial charge on any atom is -0.300 e. The summed E-state index contributed by atoms with van der Waals surface area (Å²) < 4.78 is 29.6. The molecule has 0 unspecified atom stereocenters. The quantitative estimate of drug-likeness (QED) is 0.619. The van der Waals surface area contributed by atoms with E-state index >= 15 is 0 Å². The van der Waals surface area contributed by atoms with Gasteiger partial charge in [0.2, 0.25) is 0 Å². The Labute approximate surface area is 128 Å². The highest BCUT2D eigenvalue weighted by molar-refractivity contribution is 7.86. The number of benzene rings is 1. The summed E-state index contributed by atoms with van der Waals surface area (Å²) in [7, 11) is 1.90. The second kappa shape index (κ2) is 6.11. The number of piperidine rings is 1. The summed E-state index contributed by atoms with van der Waals surface area (Å²) in [6.45, 7) is 2.28. The van der Waals surface area contributed by atoms with E-state index in [4.69, 9.17) is 12.0 Å². The first kappa shape index (κ1) is 15.1. The van der Waals surface area contributed by atoms with E-state index in [-0.39, 0.29) is 11.0 Å². The van der Waals surface area contributed by atoms with Crippen molar-refractivity contribution in [2.24, 2.45) is 0 Å².